The molecule has 0 aromatic carbocycles. The summed E-state index contributed by atoms with van der Waals surface area (Å²) in [5.74, 6) is 0.0137. The van der Waals surface area contributed by atoms with Gasteiger partial charge in [-0.3, -0.25) is 9.78 Å². The summed E-state index contributed by atoms with van der Waals surface area (Å²) < 4.78 is 40.2. The standard InChI is InChI=1S/C18H14F3N5O.ClH/c19-18(20,21)15-9-14(11-1-2-11)26(25-15)16-4-3-13(10-23-16)24-17(27)12-5-7-22-8-6-12;/h3-11H,1-2H2,(H,24,27);1H. The number of alkyl halides is 3. The summed E-state index contributed by atoms with van der Waals surface area (Å²) in [5, 5.41) is 6.36. The zero-order chi connectivity index (χ0) is 19.0. The second-order valence-electron chi connectivity index (χ2n) is 6.23. The van der Waals surface area contributed by atoms with Crippen LogP contribution in [-0.4, -0.2) is 25.7 Å². The Balaban J connectivity index is 0.00000225. The SMILES string of the molecule is Cl.O=C(Nc1ccc(-n2nc(C(F)(F)F)cc2C2CC2)nc1)c1ccncc1. The molecule has 0 atom stereocenters. The van der Waals surface area contributed by atoms with E-state index in [1.165, 1.54) is 29.3 Å². The number of nitrogens with one attached hydrogen (secondary N) is 1. The minimum Gasteiger partial charge on any atom is -0.321 e. The van der Waals surface area contributed by atoms with E-state index in [9.17, 15) is 18.0 Å². The fraction of sp³-hybridized carbons (Fsp3) is 0.222. The Hall–Kier alpha value is -2.94. The van der Waals surface area contributed by atoms with Crippen molar-refractivity contribution in [2.75, 3.05) is 5.32 Å². The van der Waals surface area contributed by atoms with Crippen LogP contribution in [0.2, 0.25) is 0 Å². The molecule has 1 fully saturated rings. The third-order valence-corrected chi connectivity index (χ3v) is 4.19. The first-order valence-electron chi connectivity index (χ1n) is 8.27. The van der Waals surface area contributed by atoms with Gasteiger partial charge in [-0.25, -0.2) is 9.67 Å². The van der Waals surface area contributed by atoms with Gasteiger partial charge >= 0.3 is 6.18 Å². The van der Waals surface area contributed by atoms with Crippen LogP contribution in [0.25, 0.3) is 5.82 Å². The predicted octanol–water partition coefficient (Wildman–Crippen LogP) is 4.23. The molecule has 3 aromatic rings. The Morgan fingerprint density at radius 3 is 2.43 bits per heavy atom. The number of pyridine rings is 2. The van der Waals surface area contributed by atoms with E-state index in [0.717, 1.165) is 18.9 Å². The molecule has 1 amide bonds. The highest BCUT2D eigenvalue weighted by Gasteiger charge is 2.38. The summed E-state index contributed by atoms with van der Waals surface area (Å²) in [7, 11) is 0. The maximum absolute atomic E-state index is 13.0. The van der Waals surface area contributed by atoms with E-state index in [1.54, 1.807) is 18.2 Å². The molecular formula is C18H15ClF3N5O. The van der Waals surface area contributed by atoms with Gasteiger partial charge in [-0.05, 0) is 43.2 Å². The first kappa shape index (κ1) is 19.8. The van der Waals surface area contributed by atoms with Gasteiger partial charge in [0.25, 0.3) is 5.91 Å². The molecule has 1 aliphatic rings. The van der Waals surface area contributed by atoms with E-state index in [0.29, 0.717) is 16.9 Å². The lowest BCUT2D eigenvalue weighted by atomic mass is 10.2. The third-order valence-electron chi connectivity index (χ3n) is 4.19. The number of hydrogen-bond donors (Lipinski definition) is 1. The van der Waals surface area contributed by atoms with Crippen molar-refractivity contribution in [2.24, 2.45) is 0 Å². The number of halogens is 4. The van der Waals surface area contributed by atoms with Crippen molar-refractivity contribution in [3.63, 3.8) is 0 Å². The minimum absolute atomic E-state index is 0. The summed E-state index contributed by atoms with van der Waals surface area (Å²) in [4.78, 5) is 20.1. The number of amides is 1. The van der Waals surface area contributed by atoms with Crippen LogP contribution in [0.15, 0.2) is 48.9 Å². The molecule has 0 bridgehead atoms. The van der Waals surface area contributed by atoms with Gasteiger partial charge in [-0.1, -0.05) is 0 Å². The topological polar surface area (TPSA) is 72.7 Å². The average molecular weight is 410 g/mol. The normalized spacial score (nSPS) is 13.7. The molecule has 3 aromatic heterocycles. The van der Waals surface area contributed by atoms with Crippen molar-refractivity contribution in [3.8, 4) is 5.82 Å². The quantitative estimate of drug-likeness (QED) is 0.699. The van der Waals surface area contributed by atoms with E-state index < -0.39 is 11.9 Å². The fourth-order valence-corrected chi connectivity index (χ4v) is 2.68. The van der Waals surface area contributed by atoms with E-state index in [1.807, 2.05) is 0 Å². The summed E-state index contributed by atoms with van der Waals surface area (Å²) in [6, 6.07) is 7.33. The molecule has 6 nitrogen and oxygen atoms in total. The highest BCUT2D eigenvalue weighted by molar-refractivity contribution is 6.04. The van der Waals surface area contributed by atoms with Crippen molar-refractivity contribution in [3.05, 3.63) is 65.9 Å². The van der Waals surface area contributed by atoms with Gasteiger partial charge in [0.1, 0.15) is 0 Å². The number of rotatable bonds is 4. The molecular weight excluding hydrogens is 395 g/mol. The Bertz CT molecular complexity index is 969. The Morgan fingerprint density at radius 1 is 1.14 bits per heavy atom. The molecule has 4 rings (SSSR count). The highest BCUT2D eigenvalue weighted by atomic mass is 35.5. The van der Waals surface area contributed by atoms with Crippen LogP contribution in [0.4, 0.5) is 18.9 Å². The van der Waals surface area contributed by atoms with E-state index in [4.69, 9.17) is 0 Å². The second kappa shape index (κ2) is 7.59. The Labute approximate surface area is 164 Å². The van der Waals surface area contributed by atoms with Gasteiger partial charge in [0, 0.05) is 29.6 Å². The third kappa shape index (κ3) is 4.14. The maximum atomic E-state index is 13.0. The summed E-state index contributed by atoms with van der Waals surface area (Å²) >= 11 is 0. The second-order valence-corrected chi connectivity index (χ2v) is 6.23. The van der Waals surface area contributed by atoms with Crippen LogP contribution in [0, 0.1) is 0 Å². The summed E-state index contributed by atoms with van der Waals surface area (Å²) in [6.07, 6.45) is 1.57. The lowest BCUT2D eigenvalue weighted by molar-refractivity contribution is -0.141. The molecule has 10 heteroatoms. The van der Waals surface area contributed by atoms with Crippen molar-refractivity contribution in [2.45, 2.75) is 24.9 Å². The number of nitrogens with zero attached hydrogens (tertiary/aromatic N) is 4. The monoisotopic (exact) mass is 409 g/mol. The Kier molecular flexibility index (Phi) is 5.37. The molecule has 146 valence electrons. The molecule has 0 radical (unpaired) electrons. The molecule has 3 heterocycles. The highest BCUT2D eigenvalue weighted by Crippen LogP contribution is 2.42. The maximum Gasteiger partial charge on any atom is 0.435 e. The van der Waals surface area contributed by atoms with Gasteiger partial charge < -0.3 is 5.32 Å². The lowest BCUT2D eigenvalue weighted by Gasteiger charge is -2.08. The van der Waals surface area contributed by atoms with Crippen molar-refractivity contribution in [1.82, 2.24) is 19.7 Å². The smallest absolute Gasteiger partial charge is 0.321 e. The first-order chi connectivity index (χ1) is 12.9. The van der Waals surface area contributed by atoms with E-state index >= 15 is 0 Å². The number of carbonyl (C=O) groups excluding carboxylic acids is 1. The molecule has 0 unspecified atom stereocenters. The molecule has 1 N–H and O–H groups in total. The van der Waals surface area contributed by atoms with Crippen LogP contribution >= 0.6 is 12.4 Å². The van der Waals surface area contributed by atoms with Gasteiger partial charge in [0.2, 0.25) is 0 Å². The van der Waals surface area contributed by atoms with Gasteiger partial charge in [-0.2, -0.15) is 18.3 Å². The minimum atomic E-state index is -4.51. The largest absolute Gasteiger partial charge is 0.435 e. The lowest BCUT2D eigenvalue weighted by Crippen LogP contribution is -2.12. The van der Waals surface area contributed by atoms with Crippen LogP contribution in [0.1, 0.15) is 40.5 Å². The molecule has 1 saturated carbocycles. The summed E-state index contributed by atoms with van der Waals surface area (Å²) in [6.45, 7) is 0. The molecule has 0 spiro atoms. The zero-order valence-electron chi connectivity index (χ0n) is 14.3. The van der Waals surface area contributed by atoms with Gasteiger partial charge in [0.15, 0.2) is 11.5 Å². The number of aromatic nitrogens is 4. The zero-order valence-corrected chi connectivity index (χ0v) is 15.2. The van der Waals surface area contributed by atoms with Crippen molar-refractivity contribution in [1.29, 1.82) is 0 Å². The Morgan fingerprint density at radius 2 is 1.86 bits per heavy atom. The number of hydrogen-bond acceptors (Lipinski definition) is 4. The first-order valence-corrected chi connectivity index (χ1v) is 8.27. The van der Waals surface area contributed by atoms with Crippen LogP contribution in [0.3, 0.4) is 0 Å². The predicted molar refractivity (Wildman–Crippen MR) is 97.8 cm³/mol. The van der Waals surface area contributed by atoms with Gasteiger partial charge in [-0.15, -0.1) is 12.4 Å². The average Bonchev–Trinajstić information content (AvgIpc) is 3.40. The van der Waals surface area contributed by atoms with Crippen LogP contribution in [-0.2, 0) is 6.18 Å². The van der Waals surface area contributed by atoms with Crippen LogP contribution < -0.4 is 5.32 Å². The fourth-order valence-electron chi connectivity index (χ4n) is 2.68. The van der Waals surface area contributed by atoms with Crippen molar-refractivity contribution >= 4 is 24.0 Å². The molecule has 0 saturated heterocycles. The van der Waals surface area contributed by atoms with E-state index in [2.05, 4.69) is 20.4 Å². The molecule has 0 aliphatic heterocycles. The number of anilines is 1. The van der Waals surface area contributed by atoms with E-state index in [-0.39, 0.29) is 30.0 Å². The number of carbonyl (C=O) groups is 1. The van der Waals surface area contributed by atoms with Crippen LogP contribution in [0.5, 0.6) is 0 Å². The molecule has 28 heavy (non-hydrogen) atoms. The van der Waals surface area contributed by atoms with Gasteiger partial charge in [0.05, 0.1) is 11.9 Å². The molecule has 1 aliphatic carbocycles. The summed E-state index contributed by atoms with van der Waals surface area (Å²) in [5.41, 5.74) is 0.438. The van der Waals surface area contributed by atoms with Crippen molar-refractivity contribution < 1.29 is 18.0 Å².